The number of nitrogens with two attached hydrogens (primary N) is 2. The summed E-state index contributed by atoms with van der Waals surface area (Å²) in [6.45, 7) is 3.01. The number of hydrogen-bond donors (Lipinski definition) is 3. The van der Waals surface area contributed by atoms with Crippen LogP contribution >= 0.6 is 15.9 Å². The predicted octanol–water partition coefficient (Wildman–Crippen LogP) is 1.10. The van der Waals surface area contributed by atoms with Gasteiger partial charge in [-0.2, -0.15) is 0 Å². The smallest absolute Gasteiger partial charge is 0.243 e. The summed E-state index contributed by atoms with van der Waals surface area (Å²) in [6.07, 6.45) is -0.186. The minimum atomic E-state index is -4.01. The number of nitrogen functional groups attached to an aromatic ring is 1. The van der Waals surface area contributed by atoms with Crippen molar-refractivity contribution in [2.75, 3.05) is 5.73 Å². The normalized spacial score (nSPS) is 12.4. The van der Waals surface area contributed by atoms with E-state index in [-0.39, 0.29) is 21.5 Å². The van der Waals surface area contributed by atoms with Crippen LogP contribution in [-0.2, 0) is 14.8 Å². The summed E-state index contributed by atoms with van der Waals surface area (Å²) in [7, 11) is -4.01. The van der Waals surface area contributed by atoms with Crippen LogP contribution in [0.25, 0.3) is 0 Å². The molecular weight excluding hydrogens is 353 g/mol. The number of primary amides is 1. The molecule has 5 N–H and O–H groups in total. The van der Waals surface area contributed by atoms with Crippen molar-refractivity contribution in [3.8, 4) is 0 Å². The van der Waals surface area contributed by atoms with Gasteiger partial charge in [0.05, 0.1) is 10.2 Å². The standard InChI is InChI=1S/C11H15BrFN3O3S/c1-11(2,5-10(15)17)16-20(18,19)9-3-6(12)7(13)4-8(9)14/h3-4,16H,5,14H2,1-2H3,(H2,15,17). The molecule has 1 aromatic carbocycles. The number of nitrogens with one attached hydrogen (secondary N) is 1. The summed E-state index contributed by atoms with van der Waals surface area (Å²) in [5.74, 6) is -1.32. The molecule has 0 saturated carbocycles. The average molecular weight is 368 g/mol. The molecule has 112 valence electrons. The summed E-state index contributed by atoms with van der Waals surface area (Å²) in [4.78, 5) is 10.6. The highest BCUT2D eigenvalue weighted by Crippen LogP contribution is 2.27. The van der Waals surface area contributed by atoms with Gasteiger partial charge in [0.2, 0.25) is 15.9 Å². The van der Waals surface area contributed by atoms with Crippen LogP contribution in [-0.4, -0.2) is 19.9 Å². The molecule has 9 heteroatoms. The van der Waals surface area contributed by atoms with Gasteiger partial charge in [0.25, 0.3) is 0 Å². The highest BCUT2D eigenvalue weighted by atomic mass is 79.9. The minimum absolute atomic E-state index is 0.0280. The highest BCUT2D eigenvalue weighted by Gasteiger charge is 2.29. The summed E-state index contributed by atoms with van der Waals surface area (Å²) < 4.78 is 40.0. The maximum atomic E-state index is 13.3. The van der Waals surface area contributed by atoms with Gasteiger partial charge in [-0.15, -0.1) is 0 Å². The molecule has 6 nitrogen and oxygen atoms in total. The summed E-state index contributed by atoms with van der Waals surface area (Å²) in [5.41, 5.74) is 9.27. The van der Waals surface area contributed by atoms with Gasteiger partial charge in [-0.25, -0.2) is 17.5 Å². The van der Waals surface area contributed by atoms with E-state index in [0.717, 1.165) is 12.1 Å². The quantitative estimate of drug-likeness (QED) is 0.675. The Morgan fingerprint density at radius 2 is 2.00 bits per heavy atom. The first kappa shape index (κ1) is 16.9. The van der Waals surface area contributed by atoms with Gasteiger partial charge in [0, 0.05) is 12.0 Å². The summed E-state index contributed by atoms with van der Waals surface area (Å²) >= 11 is 2.90. The van der Waals surface area contributed by atoms with Crippen LogP contribution in [0.3, 0.4) is 0 Å². The van der Waals surface area contributed by atoms with Crippen LogP contribution in [0.1, 0.15) is 20.3 Å². The summed E-state index contributed by atoms with van der Waals surface area (Å²) in [5, 5.41) is 0. The predicted molar refractivity (Wildman–Crippen MR) is 76.7 cm³/mol. The molecule has 0 saturated heterocycles. The second-order valence-corrected chi connectivity index (χ2v) is 7.44. The van der Waals surface area contributed by atoms with Crippen LogP contribution in [0, 0.1) is 5.82 Å². The van der Waals surface area contributed by atoms with E-state index < -0.39 is 27.3 Å². The molecule has 0 aliphatic heterocycles. The lowest BCUT2D eigenvalue weighted by molar-refractivity contribution is -0.119. The highest BCUT2D eigenvalue weighted by molar-refractivity contribution is 9.10. The Balaban J connectivity index is 3.18. The van der Waals surface area contributed by atoms with Crippen molar-refractivity contribution in [3.63, 3.8) is 0 Å². The fraction of sp³-hybridized carbons (Fsp3) is 0.364. The fourth-order valence-electron chi connectivity index (χ4n) is 1.67. The number of halogens is 2. The van der Waals surface area contributed by atoms with Gasteiger partial charge in [-0.3, -0.25) is 4.79 Å². The molecule has 0 heterocycles. The number of sulfonamides is 1. The van der Waals surface area contributed by atoms with Gasteiger partial charge in [0.1, 0.15) is 10.7 Å². The molecule has 0 spiro atoms. The molecule has 1 aromatic rings. The van der Waals surface area contributed by atoms with E-state index in [1.807, 2.05) is 0 Å². The zero-order valence-electron chi connectivity index (χ0n) is 10.9. The third kappa shape index (κ3) is 4.15. The number of carbonyl (C=O) groups is 1. The third-order valence-electron chi connectivity index (χ3n) is 2.37. The van der Waals surface area contributed by atoms with Crippen LogP contribution in [0.15, 0.2) is 21.5 Å². The molecule has 0 atom stereocenters. The van der Waals surface area contributed by atoms with Gasteiger partial charge in [-0.1, -0.05) is 0 Å². The first-order chi connectivity index (χ1) is 8.94. The molecular formula is C11H15BrFN3O3S. The minimum Gasteiger partial charge on any atom is -0.398 e. The molecule has 0 aliphatic carbocycles. The monoisotopic (exact) mass is 367 g/mol. The van der Waals surface area contributed by atoms with E-state index in [9.17, 15) is 17.6 Å². The van der Waals surface area contributed by atoms with Gasteiger partial charge < -0.3 is 11.5 Å². The zero-order valence-corrected chi connectivity index (χ0v) is 13.3. The third-order valence-corrected chi connectivity index (χ3v) is 4.73. The zero-order chi connectivity index (χ0) is 15.7. The molecule has 0 aliphatic rings. The maximum Gasteiger partial charge on any atom is 0.243 e. The molecule has 0 aromatic heterocycles. The Hall–Kier alpha value is -1.19. The van der Waals surface area contributed by atoms with Crippen molar-refractivity contribution >= 4 is 37.5 Å². The number of benzene rings is 1. The van der Waals surface area contributed by atoms with E-state index in [1.165, 1.54) is 13.8 Å². The van der Waals surface area contributed by atoms with Crippen molar-refractivity contribution in [1.29, 1.82) is 0 Å². The number of rotatable bonds is 5. The van der Waals surface area contributed by atoms with Gasteiger partial charge in [0.15, 0.2) is 0 Å². The number of anilines is 1. The lowest BCUT2D eigenvalue weighted by Gasteiger charge is -2.24. The Labute approximate surface area is 124 Å². The Kier molecular flexibility index (Phi) is 4.78. The molecule has 0 unspecified atom stereocenters. The maximum absolute atomic E-state index is 13.3. The summed E-state index contributed by atoms with van der Waals surface area (Å²) in [6, 6.07) is 1.97. The number of hydrogen-bond acceptors (Lipinski definition) is 4. The molecule has 1 amide bonds. The lowest BCUT2D eigenvalue weighted by Crippen LogP contribution is -2.46. The van der Waals surface area contributed by atoms with E-state index in [2.05, 4.69) is 20.7 Å². The molecule has 20 heavy (non-hydrogen) atoms. The van der Waals surface area contributed by atoms with Crippen molar-refractivity contribution in [1.82, 2.24) is 4.72 Å². The SMILES string of the molecule is CC(C)(CC(N)=O)NS(=O)(=O)c1cc(Br)c(F)cc1N. The number of carbonyl (C=O) groups excluding carboxylic acids is 1. The van der Waals surface area contributed by atoms with Crippen molar-refractivity contribution < 1.29 is 17.6 Å². The second kappa shape index (κ2) is 5.66. The first-order valence-corrected chi connectivity index (χ1v) is 7.79. The van der Waals surface area contributed by atoms with Crippen LogP contribution < -0.4 is 16.2 Å². The molecule has 0 bridgehead atoms. The largest absolute Gasteiger partial charge is 0.398 e. The first-order valence-electron chi connectivity index (χ1n) is 5.51. The van der Waals surface area contributed by atoms with E-state index >= 15 is 0 Å². The Bertz CT molecular complexity index is 647. The van der Waals surface area contributed by atoms with Crippen LogP contribution in [0.4, 0.5) is 10.1 Å². The van der Waals surface area contributed by atoms with Crippen molar-refractivity contribution in [3.05, 3.63) is 22.4 Å². The van der Waals surface area contributed by atoms with E-state index in [4.69, 9.17) is 11.5 Å². The van der Waals surface area contributed by atoms with Crippen molar-refractivity contribution in [2.24, 2.45) is 5.73 Å². The van der Waals surface area contributed by atoms with Gasteiger partial charge >= 0.3 is 0 Å². The molecule has 1 rings (SSSR count). The topological polar surface area (TPSA) is 115 Å². The average Bonchev–Trinajstić information content (AvgIpc) is 2.19. The van der Waals surface area contributed by atoms with Crippen LogP contribution in [0.2, 0.25) is 0 Å². The fourth-order valence-corrected chi connectivity index (χ4v) is 3.71. The van der Waals surface area contributed by atoms with E-state index in [0.29, 0.717) is 0 Å². The Morgan fingerprint density at radius 1 is 1.45 bits per heavy atom. The van der Waals surface area contributed by atoms with Gasteiger partial charge in [-0.05, 0) is 41.9 Å². The second-order valence-electron chi connectivity index (χ2n) is 4.94. The van der Waals surface area contributed by atoms with Crippen LogP contribution in [0.5, 0.6) is 0 Å². The Morgan fingerprint density at radius 3 is 2.50 bits per heavy atom. The van der Waals surface area contributed by atoms with Crippen molar-refractivity contribution in [2.45, 2.75) is 30.7 Å². The number of amides is 1. The van der Waals surface area contributed by atoms with E-state index in [1.54, 1.807) is 0 Å². The molecule has 0 fully saturated rings. The lowest BCUT2D eigenvalue weighted by atomic mass is 10.0. The molecule has 0 radical (unpaired) electrons.